The molecule has 2 aliphatic carbocycles. The third-order valence-electron chi connectivity index (χ3n) is 7.98. The molecule has 38 heavy (non-hydrogen) atoms. The minimum Gasteiger partial charge on any atom is -0.508 e. The molecule has 5 N–H and O–H groups in total. The first-order chi connectivity index (χ1) is 17.6. The summed E-state index contributed by atoms with van der Waals surface area (Å²) in [7, 11) is 0. The quantitative estimate of drug-likeness (QED) is 0.237. The lowest BCUT2D eigenvalue weighted by Gasteiger charge is -2.58. The van der Waals surface area contributed by atoms with E-state index in [1.807, 2.05) is 34.6 Å². The summed E-state index contributed by atoms with van der Waals surface area (Å²) >= 11 is 0. The average Bonchev–Trinajstić information content (AvgIpc) is 2.78. The molecule has 7 heteroatoms. The van der Waals surface area contributed by atoms with Crippen molar-refractivity contribution in [2.75, 3.05) is 13.1 Å². The van der Waals surface area contributed by atoms with Crippen molar-refractivity contribution in [1.82, 2.24) is 5.32 Å². The van der Waals surface area contributed by atoms with Gasteiger partial charge in [0.25, 0.3) is 0 Å². The maximum atomic E-state index is 13.4. The van der Waals surface area contributed by atoms with Crippen molar-refractivity contribution in [2.45, 2.75) is 106 Å². The number of ketones is 1. The van der Waals surface area contributed by atoms with E-state index < -0.39 is 5.60 Å². The van der Waals surface area contributed by atoms with Crippen LogP contribution in [-0.2, 0) is 4.74 Å². The number of hydrogen-bond acceptors (Lipinski definition) is 6. The fraction of sp³-hybridized carbons (Fsp3) is 0.742. The zero-order chi connectivity index (χ0) is 29.3. The Kier molecular flexibility index (Phi) is 12.6. The van der Waals surface area contributed by atoms with Crippen LogP contribution in [0.2, 0.25) is 0 Å². The molecule has 1 aromatic rings. The first kappa shape index (κ1) is 33.7. The van der Waals surface area contributed by atoms with Crippen molar-refractivity contribution in [1.29, 1.82) is 0 Å². The molecule has 2 fully saturated rings. The highest BCUT2D eigenvalue weighted by molar-refractivity contribution is 5.99. The number of Topliss-reactive ketones (excluding diaryl/α,β-unsaturated/α-hetero) is 1. The first-order valence-corrected chi connectivity index (χ1v) is 14.3. The Hall–Kier alpha value is -2.28. The molecule has 4 atom stereocenters. The molecule has 2 aliphatic rings. The molecular weight excluding hydrogens is 480 g/mol. The zero-order valence-electron chi connectivity index (χ0n) is 25.3. The number of amides is 1. The molecule has 7 nitrogen and oxygen atoms in total. The Balaban J connectivity index is 0.000000439. The van der Waals surface area contributed by atoms with Crippen LogP contribution in [0.1, 0.15) is 111 Å². The standard InChI is InChI=1S/C21H30O3.C8H18N2O2.C2H6/c1-13-6-7-17-20(2,3)8-5-9-21(17,4)18(13)19(24)14-10-15(22)12-16(23)11-14;1-8(2,3)12-7(11)10-6-4-5-9;1-2/h10-13,17-18,22-23H,5-9H2,1-4H3;4-6,9H2,1-3H3,(H,10,11);1-2H3/t13-,17?,18?,21?;;/m1../s1. The number of alkyl carbamates (subject to hydrolysis) is 1. The van der Waals surface area contributed by atoms with Gasteiger partial charge in [-0.3, -0.25) is 4.79 Å². The topological polar surface area (TPSA) is 122 Å². The van der Waals surface area contributed by atoms with E-state index in [0.717, 1.165) is 19.3 Å². The Morgan fingerprint density at radius 1 is 1.05 bits per heavy atom. The van der Waals surface area contributed by atoms with Gasteiger partial charge in [-0.2, -0.15) is 0 Å². The van der Waals surface area contributed by atoms with Gasteiger partial charge in [-0.05, 0) is 94.2 Å². The minimum absolute atomic E-state index is 0.00240. The molecule has 0 bridgehead atoms. The van der Waals surface area contributed by atoms with Crippen LogP contribution >= 0.6 is 0 Å². The van der Waals surface area contributed by atoms with Crippen molar-refractivity contribution in [2.24, 2.45) is 34.3 Å². The highest BCUT2D eigenvalue weighted by Gasteiger charge is 2.55. The van der Waals surface area contributed by atoms with Crippen LogP contribution in [0.5, 0.6) is 11.5 Å². The largest absolute Gasteiger partial charge is 0.508 e. The molecule has 1 aromatic carbocycles. The second-order valence-electron chi connectivity index (χ2n) is 12.6. The number of nitrogens with one attached hydrogen (secondary N) is 1. The van der Waals surface area contributed by atoms with E-state index in [2.05, 4.69) is 33.0 Å². The van der Waals surface area contributed by atoms with E-state index in [1.54, 1.807) is 0 Å². The average molecular weight is 535 g/mol. The van der Waals surface area contributed by atoms with Gasteiger partial charge in [0.1, 0.15) is 17.1 Å². The van der Waals surface area contributed by atoms with Gasteiger partial charge >= 0.3 is 6.09 Å². The van der Waals surface area contributed by atoms with E-state index >= 15 is 0 Å². The molecule has 0 aromatic heterocycles. The van der Waals surface area contributed by atoms with Crippen LogP contribution in [0.3, 0.4) is 0 Å². The summed E-state index contributed by atoms with van der Waals surface area (Å²) in [4.78, 5) is 24.3. The van der Waals surface area contributed by atoms with Gasteiger partial charge in [-0.15, -0.1) is 0 Å². The number of rotatable bonds is 5. The van der Waals surface area contributed by atoms with Gasteiger partial charge in [0.15, 0.2) is 5.78 Å². The predicted molar refractivity (Wildman–Crippen MR) is 154 cm³/mol. The number of phenols is 2. The summed E-state index contributed by atoms with van der Waals surface area (Å²) in [5.41, 5.74) is 5.53. The van der Waals surface area contributed by atoms with Crippen molar-refractivity contribution >= 4 is 11.9 Å². The number of phenolic OH excluding ortho intramolecular Hbond substituents is 2. The first-order valence-electron chi connectivity index (χ1n) is 14.3. The van der Waals surface area contributed by atoms with E-state index in [0.29, 0.717) is 30.5 Å². The number of carbonyl (C=O) groups is 2. The summed E-state index contributed by atoms with van der Waals surface area (Å²) < 4.78 is 4.99. The highest BCUT2D eigenvalue weighted by atomic mass is 16.6. The second kappa shape index (κ2) is 14.2. The summed E-state index contributed by atoms with van der Waals surface area (Å²) in [6.45, 7) is 19.8. The van der Waals surface area contributed by atoms with Crippen LogP contribution in [0, 0.1) is 28.6 Å². The van der Waals surface area contributed by atoms with E-state index in [4.69, 9.17) is 10.5 Å². The smallest absolute Gasteiger partial charge is 0.407 e. The molecule has 3 unspecified atom stereocenters. The maximum absolute atomic E-state index is 13.4. The van der Waals surface area contributed by atoms with Gasteiger partial charge in [-0.1, -0.05) is 48.0 Å². The normalized spacial score (nSPS) is 25.9. The second-order valence-corrected chi connectivity index (χ2v) is 12.6. The number of hydrogen-bond donors (Lipinski definition) is 4. The minimum atomic E-state index is -0.424. The van der Waals surface area contributed by atoms with Crippen molar-refractivity contribution in [3.8, 4) is 11.5 Å². The number of fused-ring (bicyclic) bond motifs is 1. The SMILES string of the molecule is CC.CC(C)(C)OC(=O)NCCCN.C[C@@H]1CCC2C(C)(C)CCCC2(C)C1C(=O)c1cc(O)cc(O)c1. The molecule has 3 rings (SSSR count). The van der Waals surface area contributed by atoms with Gasteiger partial charge in [-0.25, -0.2) is 4.79 Å². The molecule has 0 saturated heterocycles. The van der Waals surface area contributed by atoms with Gasteiger partial charge in [0, 0.05) is 24.1 Å². The van der Waals surface area contributed by atoms with E-state index in [-0.39, 0.29) is 40.1 Å². The molecule has 0 spiro atoms. The third-order valence-corrected chi connectivity index (χ3v) is 7.98. The molecular formula is C31H54N2O5. The Morgan fingerprint density at radius 3 is 2.16 bits per heavy atom. The summed E-state index contributed by atoms with van der Waals surface area (Å²) in [5.74, 6) is 0.822. The summed E-state index contributed by atoms with van der Waals surface area (Å²) in [5, 5.41) is 22.1. The van der Waals surface area contributed by atoms with Crippen LogP contribution in [0.4, 0.5) is 4.79 Å². The number of ether oxygens (including phenoxy) is 1. The molecule has 1 amide bonds. The highest BCUT2D eigenvalue weighted by Crippen LogP contribution is 2.61. The van der Waals surface area contributed by atoms with Crippen molar-refractivity contribution < 1.29 is 24.5 Å². The summed E-state index contributed by atoms with van der Waals surface area (Å²) in [6.07, 6.45) is 6.16. The van der Waals surface area contributed by atoms with Gasteiger partial charge in [0.2, 0.25) is 0 Å². The maximum Gasteiger partial charge on any atom is 0.407 e. The lowest BCUT2D eigenvalue weighted by Crippen LogP contribution is -2.53. The van der Waals surface area contributed by atoms with E-state index in [1.165, 1.54) is 37.5 Å². The fourth-order valence-electron chi connectivity index (χ4n) is 6.59. The molecule has 2 saturated carbocycles. The number of benzene rings is 1. The molecule has 0 aliphatic heterocycles. The number of nitrogens with two attached hydrogens (primary N) is 1. The third kappa shape index (κ3) is 9.18. The molecule has 218 valence electrons. The van der Waals surface area contributed by atoms with Crippen LogP contribution in [-0.4, -0.2) is 40.8 Å². The molecule has 0 radical (unpaired) electrons. The zero-order valence-corrected chi connectivity index (χ0v) is 25.3. The van der Waals surface area contributed by atoms with Crippen molar-refractivity contribution in [3.63, 3.8) is 0 Å². The van der Waals surface area contributed by atoms with Crippen LogP contribution in [0.25, 0.3) is 0 Å². The van der Waals surface area contributed by atoms with E-state index in [9.17, 15) is 19.8 Å². The van der Waals surface area contributed by atoms with Crippen LogP contribution < -0.4 is 11.1 Å². The fourth-order valence-corrected chi connectivity index (χ4v) is 6.59. The monoisotopic (exact) mass is 534 g/mol. The number of carbonyl (C=O) groups excluding carboxylic acids is 2. The predicted octanol–water partition coefficient (Wildman–Crippen LogP) is 7.05. The summed E-state index contributed by atoms with van der Waals surface area (Å²) in [6, 6.07) is 4.26. The Bertz CT molecular complexity index is 888. The Morgan fingerprint density at radius 2 is 1.63 bits per heavy atom. The number of aromatic hydroxyl groups is 2. The van der Waals surface area contributed by atoms with Gasteiger partial charge < -0.3 is 26.0 Å². The van der Waals surface area contributed by atoms with Crippen LogP contribution in [0.15, 0.2) is 18.2 Å². The van der Waals surface area contributed by atoms with Gasteiger partial charge in [0.05, 0.1) is 0 Å². The van der Waals surface area contributed by atoms with Crippen molar-refractivity contribution in [3.05, 3.63) is 23.8 Å². The lowest BCUT2D eigenvalue weighted by atomic mass is 9.46. The Labute approximate surface area is 230 Å². The lowest BCUT2D eigenvalue weighted by molar-refractivity contribution is -0.0796. The molecule has 0 heterocycles.